The third-order valence-corrected chi connectivity index (χ3v) is 6.77. The number of rotatable bonds is 9. The molecule has 2 N–H and O–H groups in total. The van der Waals surface area contributed by atoms with Crippen LogP contribution >= 0.6 is 11.3 Å². The number of aryl methyl sites for hydroxylation is 2. The van der Waals surface area contributed by atoms with Crippen LogP contribution in [0, 0.1) is 6.92 Å². The molecule has 3 aromatic rings. The van der Waals surface area contributed by atoms with Crippen molar-refractivity contribution in [3.05, 3.63) is 100 Å². The maximum atomic E-state index is 9.55. The summed E-state index contributed by atoms with van der Waals surface area (Å²) in [5, 5.41) is 19.0. The average Bonchev–Trinajstić information content (AvgIpc) is 3.30. The lowest BCUT2D eigenvalue weighted by Crippen LogP contribution is -2.48. The normalized spacial score (nSPS) is 14.5. The van der Waals surface area contributed by atoms with Gasteiger partial charge in [-0.3, -0.25) is 4.90 Å². The van der Waals surface area contributed by atoms with Crippen molar-refractivity contribution < 1.29 is 19.8 Å². The van der Waals surface area contributed by atoms with E-state index in [0.717, 1.165) is 32.6 Å². The van der Waals surface area contributed by atoms with Crippen molar-refractivity contribution in [2.45, 2.75) is 25.8 Å². The number of benzene rings is 2. The molecule has 190 valence electrons. The highest BCUT2D eigenvalue weighted by Crippen LogP contribution is 2.29. The Morgan fingerprint density at radius 3 is 1.89 bits per heavy atom. The number of carbonyl (C=O) groups is 2. The summed E-state index contributed by atoms with van der Waals surface area (Å²) in [7, 11) is 0. The van der Waals surface area contributed by atoms with Crippen molar-refractivity contribution in [2.24, 2.45) is 0 Å². The number of carboxylic acid groups (broad SMARTS) is 2. The first-order valence-electron chi connectivity index (χ1n) is 12.0. The van der Waals surface area contributed by atoms with Gasteiger partial charge in [-0.05, 0) is 37.4 Å². The molecule has 8 heteroatoms. The second kappa shape index (κ2) is 14.3. The first-order valence-corrected chi connectivity index (χ1v) is 12.9. The van der Waals surface area contributed by atoms with Crippen LogP contribution in [0.1, 0.15) is 34.3 Å². The topological polar surface area (TPSA) is 94.0 Å². The van der Waals surface area contributed by atoms with Crippen LogP contribution in [0.4, 0.5) is 0 Å². The van der Waals surface area contributed by atoms with Crippen LogP contribution in [-0.2, 0) is 16.0 Å². The average molecular weight is 508 g/mol. The first kappa shape index (κ1) is 27.3. The predicted octanol–water partition coefficient (Wildman–Crippen LogP) is 4.50. The van der Waals surface area contributed by atoms with Crippen molar-refractivity contribution in [2.75, 3.05) is 32.7 Å². The highest BCUT2D eigenvalue weighted by molar-refractivity contribution is 7.09. The van der Waals surface area contributed by atoms with Crippen molar-refractivity contribution in [1.29, 1.82) is 0 Å². The van der Waals surface area contributed by atoms with E-state index in [2.05, 4.69) is 87.8 Å². The minimum absolute atomic E-state index is 0.350. The largest absolute Gasteiger partial charge is 0.478 e. The van der Waals surface area contributed by atoms with Crippen LogP contribution in [0.2, 0.25) is 0 Å². The summed E-state index contributed by atoms with van der Waals surface area (Å²) in [5.41, 5.74) is 4.04. The van der Waals surface area contributed by atoms with Gasteiger partial charge in [-0.1, -0.05) is 60.7 Å². The fourth-order valence-electron chi connectivity index (χ4n) is 4.28. The van der Waals surface area contributed by atoms with E-state index in [1.54, 1.807) is 11.3 Å². The van der Waals surface area contributed by atoms with Gasteiger partial charge in [0.1, 0.15) is 0 Å². The number of hydrogen-bond acceptors (Lipinski definition) is 6. The summed E-state index contributed by atoms with van der Waals surface area (Å²) >= 11 is 1.76. The van der Waals surface area contributed by atoms with Crippen LogP contribution in [0.25, 0.3) is 0 Å². The molecule has 0 atom stereocenters. The second-order valence-corrected chi connectivity index (χ2v) is 9.63. The van der Waals surface area contributed by atoms with Crippen LogP contribution in [0.5, 0.6) is 0 Å². The minimum atomic E-state index is -1.26. The molecule has 2 aromatic carbocycles. The fourth-order valence-corrected chi connectivity index (χ4v) is 4.93. The van der Waals surface area contributed by atoms with Crippen molar-refractivity contribution in [3.8, 4) is 0 Å². The molecule has 0 spiro atoms. The Kier molecular flexibility index (Phi) is 10.8. The van der Waals surface area contributed by atoms with E-state index >= 15 is 0 Å². The van der Waals surface area contributed by atoms with Crippen molar-refractivity contribution in [1.82, 2.24) is 14.8 Å². The zero-order valence-electron chi connectivity index (χ0n) is 20.5. The zero-order chi connectivity index (χ0) is 25.8. The molecule has 7 nitrogen and oxygen atoms in total. The zero-order valence-corrected chi connectivity index (χ0v) is 21.3. The SMILES string of the molecule is Cc1nc(CCCN2CCN(C(c3ccccc3)c3ccccc3)CC2)cs1.O=C(O)/C=C/C(=O)O. The maximum absolute atomic E-state index is 9.55. The van der Waals surface area contributed by atoms with E-state index in [-0.39, 0.29) is 0 Å². The third-order valence-electron chi connectivity index (χ3n) is 5.94. The molecule has 1 aliphatic heterocycles. The molecule has 0 bridgehead atoms. The monoisotopic (exact) mass is 507 g/mol. The minimum Gasteiger partial charge on any atom is -0.478 e. The van der Waals surface area contributed by atoms with Crippen LogP contribution in [-0.4, -0.2) is 69.7 Å². The van der Waals surface area contributed by atoms with Crippen LogP contribution in [0.3, 0.4) is 0 Å². The smallest absolute Gasteiger partial charge is 0.328 e. The molecule has 1 saturated heterocycles. The van der Waals surface area contributed by atoms with Gasteiger partial charge < -0.3 is 15.1 Å². The number of nitrogens with zero attached hydrogens (tertiary/aromatic N) is 3. The van der Waals surface area contributed by atoms with Crippen molar-refractivity contribution in [3.63, 3.8) is 0 Å². The first-order chi connectivity index (χ1) is 17.4. The summed E-state index contributed by atoms with van der Waals surface area (Å²) in [6, 6.07) is 22.2. The molecule has 0 saturated carbocycles. The molecular formula is C28H33N3O4S. The molecule has 0 aliphatic carbocycles. The molecule has 4 rings (SSSR count). The Labute approximate surface area is 216 Å². The molecule has 1 aromatic heterocycles. The fraction of sp³-hybridized carbons (Fsp3) is 0.321. The third kappa shape index (κ3) is 9.03. The van der Waals surface area contributed by atoms with Gasteiger partial charge in [-0.25, -0.2) is 14.6 Å². The van der Waals surface area contributed by atoms with Gasteiger partial charge in [0.05, 0.1) is 16.7 Å². The Bertz CT molecular complexity index is 1050. The molecule has 0 radical (unpaired) electrons. The van der Waals surface area contributed by atoms with Gasteiger partial charge in [0, 0.05) is 43.7 Å². The molecule has 0 unspecified atom stereocenters. The van der Waals surface area contributed by atoms with E-state index in [4.69, 9.17) is 10.2 Å². The molecule has 36 heavy (non-hydrogen) atoms. The number of aliphatic carboxylic acids is 2. The number of carboxylic acids is 2. The number of aromatic nitrogens is 1. The summed E-state index contributed by atoms with van der Waals surface area (Å²) < 4.78 is 0. The van der Waals surface area contributed by atoms with Gasteiger partial charge >= 0.3 is 11.9 Å². The lowest BCUT2D eigenvalue weighted by Gasteiger charge is -2.39. The molecule has 0 amide bonds. The summed E-state index contributed by atoms with van der Waals surface area (Å²) in [5.74, 6) is -2.51. The summed E-state index contributed by atoms with van der Waals surface area (Å²) in [6.07, 6.45) is 3.41. The Balaban J connectivity index is 0.000000392. The molecular weight excluding hydrogens is 474 g/mol. The highest BCUT2D eigenvalue weighted by Gasteiger charge is 2.26. The van der Waals surface area contributed by atoms with Crippen LogP contribution in [0.15, 0.2) is 78.2 Å². The Morgan fingerprint density at radius 1 is 0.917 bits per heavy atom. The second-order valence-electron chi connectivity index (χ2n) is 8.57. The molecule has 1 aliphatic rings. The lowest BCUT2D eigenvalue weighted by atomic mass is 9.96. The summed E-state index contributed by atoms with van der Waals surface area (Å²) in [6.45, 7) is 7.78. The van der Waals surface area contributed by atoms with E-state index in [1.807, 2.05) is 0 Å². The van der Waals surface area contributed by atoms with E-state index < -0.39 is 11.9 Å². The highest BCUT2D eigenvalue weighted by atomic mass is 32.1. The quantitative estimate of drug-likeness (QED) is 0.412. The number of piperazine rings is 1. The predicted molar refractivity (Wildman–Crippen MR) is 142 cm³/mol. The Hall–Kier alpha value is -3.33. The van der Waals surface area contributed by atoms with E-state index in [0.29, 0.717) is 18.2 Å². The van der Waals surface area contributed by atoms with E-state index in [9.17, 15) is 9.59 Å². The van der Waals surface area contributed by atoms with Crippen LogP contribution < -0.4 is 0 Å². The van der Waals surface area contributed by atoms with Gasteiger partial charge in [-0.15, -0.1) is 11.3 Å². The maximum Gasteiger partial charge on any atom is 0.328 e. The Morgan fingerprint density at radius 2 is 1.44 bits per heavy atom. The van der Waals surface area contributed by atoms with Gasteiger partial charge in [0.2, 0.25) is 0 Å². The van der Waals surface area contributed by atoms with Gasteiger partial charge in [-0.2, -0.15) is 0 Å². The van der Waals surface area contributed by atoms with E-state index in [1.165, 1.54) is 34.8 Å². The standard InChI is InChI=1S/C24H29N3S.C4H4O4/c1-20-25-23(19-28-20)13-8-14-26-15-17-27(18-16-26)24(21-9-4-2-5-10-21)22-11-6-3-7-12-22;5-3(6)1-2-4(7)8/h2-7,9-12,19,24H,8,13-18H2,1H3;1-2H,(H,5,6)(H,7,8)/b;2-1+. The number of thiazole rings is 1. The van der Waals surface area contributed by atoms with Crippen molar-refractivity contribution >= 4 is 23.3 Å². The van der Waals surface area contributed by atoms with Gasteiger partial charge in [0.15, 0.2) is 0 Å². The molecule has 2 heterocycles. The number of hydrogen-bond donors (Lipinski definition) is 2. The molecule has 1 fully saturated rings. The summed E-state index contributed by atoms with van der Waals surface area (Å²) in [4.78, 5) is 29.0. The van der Waals surface area contributed by atoms with Gasteiger partial charge in [0.25, 0.3) is 0 Å². The lowest BCUT2D eigenvalue weighted by molar-refractivity contribution is -0.134.